The lowest BCUT2D eigenvalue weighted by molar-refractivity contribution is 0.0447. The van der Waals surface area contributed by atoms with E-state index in [1.165, 1.54) is 16.5 Å². The second-order valence-electron chi connectivity index (χ2n) is 10.1. The molecule has 6 nitrogen and oxygen atoms in total. The molecule has 2 aromatic heterocycles. The molecule has 35 heavy (non-hydrogen) atoms. The molecule has 2 fully saturated rings. The van der Waals surface area contributed by atoms with Crippen LogP contribution >= 0.6 is 0 Å². The maximum absolute atomic E-state index is 11.0. The maximum atomic E-state index is 11.0. The van der Waals surface area contributed by atoms with E-state index in [1.807, 2.05) is 36.5 Å². The van der Waals surface area contributed by atoms with Crippen LogP contribution in [0.4, 0.5) is 6.01 Å². The summed E-state index contributed by atoms with van der Waals surface area (Å²) >= 11 is 0. The number of nitrogens with one attached hydrogen (secondary N) is 1. The molecule has 2 N–H and O–H groups in total. The number of piperidine rings is 2. The summed E-state index contributed by atoms with van der Waals surface area (Å²) in [5, 5.41) is 12.4. The van der Waals surface area contributed by atoms with Crippen molar-refractivity contribution in [3.8, 4) is 11.3 Å². The Bertz CT molecular complexity index is 1230. The largest absolute Gasteiger partial charge is 0.423 e. The number of anilines is 1. The first-order valence-electron chi connectivity index (χ1n) is 13.0. The monoisotopic (exact) mass is 470 g/mol. The smallest absolute Gasteiger partial charge is 0.297 e. The van der Waals surface area contributed by atoms with E-state index in [1.54, 1.807) is 0 Å². The number of aromatic amines is 1. The third kappa shape index (κ3) is 4.73. The van der Waals surface area contributed by atoms with Gasteiger partial charge in [-0.1, -0.05) is 48.5 Å². The van der Waals surface area contributed by atoms with Gasteiger partial charge < -0.3 is 24.3 Å². The van der Waals surface area contributed by atoms with Crippen LogP contribution in [0, 0.1) is 5.92 Å². The molecule has 4 heterocycles. The van der Waals surface area contributed by atoms with Crippen LogP contribution in [0.5, 0.6) is 0 Å². The Morgan fingerprint density at radius 3 is 2.49 bits per heavy atom. The molecule has 4 aromatic rings. The Kier molecular flexibility index (Phi) is 6.32. The lowest BCUT2D eigenvalue weighted by Gasteiger charge is -2.37. The molecule has 0 aliphatic carbocycles. The molecule has 1 unspecified atom stereocenters. The van der Waals surface area contributed by atoms with E-state index in [4.69, 9.17) is 4.42 Å². The Labute approximate surface area is 206 Å². The van der Waals surface area contributed by atoms with Crippen molar-refractivity contribution in [2.45, 2.75) is 37.7 Å². The van der Waals surface area contributed by atoms with Crippen molar-refractivity contribution in [3.05, 3.63) is 72.6 Å². The van der Waals surface area contributed by atoms with Crippen LogP contribution in [0.15, 0.2) is 71.4 Å². The molecule has 2 aliphatic heterocycles. The van der Waals surface area contributed by atoms with Gasteiger partial charge in [0.15, 0.2) is 5.76 Å². The van der Waals surface area contributed by atoms with Gasteiger partial charge in [0, 0.05) is 42.3 Å². The number of benzene rings is 2. The first kappa shape index (κ1) is 22.4. The van der Waals surface area contributed by atoms with E-state index < -0.39 is 0 Å². The van der Waals surface area contributed by atoms with E-state index in [9.17, 15) is 5.11 Å². The minimum Gasteiger partial charge on any atom is -0.423 e. The average molecular weight is 471 g/mol. The molecule has 6 heteroatoms. The zero-order valence-corrected chi connectivity index (χ0v) is 20.1. The second-order valence-corrected chi connectivity index (χ2v) is 10.1. The van der Waals surface area contributed by atoms with Gasteiger partial charge in [0.1, 0.15) is 0 Å². The molecule has 0 spiro atoms. The van der Waals surface area contributed by atoms with E-state index in [0.29, 0.717) is 17.9 Å². The quantitative estimate of drug-likeness (QED) is 0.401. The number of hydrogen-bond donors (Lipinski definition) is 2. The molecule has 2 aliphatic rings. The standard InChI is InChI=1S/C29H34N4O2/c34-27(20-32-14-10-21(11-15-32)25-18-30-26-9-5-4-8-24(25)26)22-12-16-33(17-13-22)29-31-19-28(35-29)23-6-2-1-3-7-23/h1-9,18-19,21-22,27,30,34H,10-17,20H2. The highest BCUT2D eigenvalue weighted by molar-refractivity contribution is 5.83. The number of β-amino-alcohol motifs (C(OH)–C–C–N with tert-alkyl or cyclic N) is 1. The normalized spacial score (nSPS) is 19.4. The van der Waals surface area contributed by atoms with Gasteiger partial charge >= 0.3 is 0 Å². The predicted octanol–water partition coefficient (Wildman–Crippen LogP) is 5.28. The van der Waals surface area contributed by atoms with Gasteiger partial charge in [-0.05, 0) is 62.2 Å². The van der Waals surface area contributed by atoms with E-state index in [0.717, 1.165) is 69.7 Å². The van der Waals surface area contributed by atoms with Crippen molar-refractivity contribution in [1.82, 2.24) is 14.9 Å². The Balaban J connectivity index is 0.986. The number of aliphatic hydroxyl groups is 1. The lowest BCUT2D eigenvalue weighted by atomic mass is 9.87. The summed E-state index contributed by atoms with van der Waals surface area (Å²) in [6.07, 6.45) is 7.98. The third-order valence-corrected chi connectivity index (χ3v) is 8.00. The summed E-state index contributed by atoms with van der Waals surface area (Å²) < 4.78 is 6.04. The third-order valence-electron chi connectivity index (χ3n) is 8.00. The number of rotatable bonds is 6. The van der Waals surface area contributed by atoms with Crippen molar-refractivity contribution < 1.29 is 9.52 Å². The van der Waals surface area contributed by atoms with E-state index in [2.05, 4.69) is 50.2 Å². The Hall–Kier alpha value is -3.09. The number of hydrogen-bond acceptors (Lipinski definition) is 5. The number of aliphatic hydroxyl groups excluding tert-OH is 1. The highest BCUT2D eigenvalue weighted by Crippen LogP contribution is 2.34. The molecular formula is C29H34N4O2. The summed E-state index contributed by atoms with van der Waals surface area (Å²) in [6.45, 7) is 4.64. The minimum atomic E-state index is -0.272. The Morgan fingerprint density at radius 1 is 0.943 bits per heavy atom. The van der Waals surface area contributed by atoms with Crippen LogP contribution in [-0.2, 0) is 0 Å². The first-order valence-corrected chi connectivity index (χ1v) is 13.0. The van der Waals surface area contributed by atoms with Crippen LogP contribution in [0.25, 0.3) is 22.2 Å². The lowest BCUT2D eigenvalue weighted by Crippen LogP contribution is -2.44. The predicted molar refractivity (Wildman–Crippen MR) is 140 cm³/mol. The van der Waals surface area contributed by atoms with Gasteiger partial charge in [-0.3, -0.25) is 0 Å². The van der Waals surface area contributed by atoms with Gasteiger partial charge in [-0.2, -0.15) is 0 Å². The van der Waals surface area contributed by atoms with E-state index in [-0.39, 0.29) is 6.10 Å². The zero-order valence-electron chi connectivity index (χ0n) is 20.1. The zero-order chi connectivity index (χ0) is 23.6. The number of H-pyrrole nitrogens is 1. The molecule has 1 atom stereocenters. The van der Waals surface area contributed by atoms with Gasteiger partial charge in [-0.25, -0.2) is 4.98 Å². The molecule has 0 bridgehead atoms. The molecule has 0 amide bonds. The topological polar surface area (TPSA) is 68.5 Å². The number of para-hydroxylation sites is 1. The number of oxazole rings is 1. The molecule has 2 saturated heterocycles. The maximum Gasteiger partial charge on any atom is 0.297 e. The van der Waals surface area contributed by atoms with Crippen LogP contribution in [0.3, 0.4) is 0 Å². The van der Waals surface area contributed by atoms with Crippen molar-refractivity contribution in [2.75, 3.05) is 37.6 Å². The fraction of sp³-hybridized carbons (Fsp3) is 0.414. The molecule has 0 radical (unpaired) electrons. The van der Waals surface area contributed by atoms with Crippen molar-refractivity contribution >= 4 is 16.9 Å². The number of likely N-dealkylation sites (tertiary alicyclic amines) is 1. The van der Waals surface area contributed by atoms with Gasteiger partial charge in [0.25, 0.3) is 6.01 Å². The van der Waals surface area contributed by atoms with Crippen molar-refractivity contribution in [2.24, 2.45) is 5.92 Å². The van der Waals surface area contributed by atoms with Gasteiger partial charge in [0.2, 0.25) is 0 Å². The number of aromatic nitrogens is 2. The Morgan fingerprint density at radius 2 is 1.69 bits per heavy atom. The summed E-state index contributed by atoms with van der Waals surface area (Å²) in [5.41, 5.74) is 3.73. The second kappa shape index (κ2) is 9.88. The van der Waals surface area contributed by atoms with Crippen LogP contribution in [0.2, 0.25) is 0 Å². The summed E-state index contributed by atoms with van der Waals surface area (Å²) in [6, 6.07) is 19.4. The summed E-state index contributed by atoms with van der Waals surface area (Å²) in [5.74, 6) is 1.74. The van der Waals surface area contributed by atoms with Crippen LogP contribution in [-0.4, -0.2) is 58.8 Å². The highest BCUT2D eigenvalue weighted by atomic mass is 16.4. The molecule has 182 valence electrons. The molecule has 2 aromatic carbocycles. The van der Waals surface area contributed by atoms with Gasteiger partial charge in [0.05, 0.1) is 12.3 Å². The highest BCUT2D eigenvalue weighted by Gasteiger charge is 2.30. The van der Waals surface area contributed by atoms with Gasteiger partial charge in [-0.15, -0.1) is 0 Å². The molecule has 0 saturated carbocycles. The van der Waals surface area contributed by atoms with E-state index >= 15 is 0 Å². The summed E-state index contributed by atoms with van der Waals surface area (Å²) in [7, 11) is 0. The van der Waals surface area contributed by atoms with Crippen LogP contribution < -0.4 is 4.90 Å². The number of nitrogens with zero attached hydrogens (tertiary/aromatic N) is 3. The SMILES string of the molecule is OC(CN1CCC(c2c[nH]c3ccccc23)CC1)C1CCN(c2ncc(-c3ccccc3)o2)CC1. The van der Waals surface area contributed by atoms with Crippen molar-refractivity contribution in [3.63, 3.8) is 0 Å². The average Bonchev–Trinajstić information content (AvgIpc) is 3.58. The minimum absolute atomic E-state index is 0.272. The summed E-state index contributed by atoms with van der Waals surface area (Å²) in [4.78, 5) is 12.6. The number of fused-ring (bicyclic) bond motifs is 1. The van der Waals surface area contributed by atoms with Crippen molar-refractivity contribution in [1.29, 1.82) is 0 Å². The fourth-order valence-electron chi connectivity index (χ4n) is 5.89. The first-order chi connectivity index (χ1) is 17.2. The molecule has 6 rings (SSSR count). The molecular weight excluding hydrogens is 436 g/mol. The fourth-order valence-corrected chi connectivity index (χ4v) is 5.89. The van der Waals surface area contributed by atoms with Crippen LogP contribution in [0.1, 0.15) is 37.2 Å².